The Morgan fingerprint density at radius 3 is 2.43 bits per heavy atom. The molecule has 4 nitrogen and oxygen atoms in total. The number of carbonyl (C=O) groups excluding carboxylic acids is 1. The first-order valence-electron chi connectivity index (χ1n) is 7.61. The molecule has 23 heavy (non-hydrogen) atoms. The highest BCUT2D eigenvalue weighted by molar-refractivity contribution is 6.30. The lowest BCUT2D eigenvalue weighted by atomic mass is 9.88. The zero-order valence-electron chi connectivity index (χ0n) is 13.2. The van der Waals surface area contributed by atoms with Gasteiger partial charge in [0.1, 0.15) is 5.84 Å². The summed E-state index contributed by atoms with van der Waals surface area (Å²) in [5, 5.41) is 3.29. The van der Waals surface area contributed by atoms with E-state index < -0.39 is 6.03 Å². The van der Waals surface area contributed by atoms with Crippen LogP contribution < -0.4 is 11.1 Å². The lowest BCUT2D eigenvalue weighted by molar-refractivity contribution is 0.253. The molecule has 0 saturated heterocycles. The Hall–Kier alpha value is -1.52. The molecule has 0 unspecified atom stereocenters. The number of benzene rings is 1. The summed E-state index contributed by atoms with van der Waals surface area (Å²) in [7, 11) is 0. The smallest absolute Gasteiger partial charge is 0.317 e. The quantitative estimate of drug-likeness (QED) is 0.611. The Bertz CT molecular complexity index is 562. The maximum atomic E-state index is 11.1. The Morgan fingerprint density at radius 2 is 1.87 bits per heavy atom. The number of nitrogens with zero attached hydrogens (tertiary/aromatic N) is 1. The Kier molecular flexibility index (Phi) is 8.13. The van der Waals surface area contributed by atoms with Crippen molar-refractivity contribution in [1.82, 2.24) is 5.32 Å². The number of hydrogen-bond donors (Lipinski definition) is 2. The molecule has 2 amide bonds. The van der Waals surface area contributed by atoms with Crippen molar-refractivity contribution in [3.63, 3.8) is 0 Å². The van der Waals surface area contributed by atoms with Gasteiger partial charge in [-0.3, -0.25) is 10.3 Å². The summed E-state index contributed by atoms with van der Waals surface area (Å²) >= 11 is 5.86. The van der Waals surface area contributed by atoms with E-state index in [4.69, 9.17) is 17.3 Å². The molecule has 0 aliphatic heterocycles. The van der Waals surface area contributed by atoms with Crippen molar-refractivity contribution < 1.29 is 4.79 Å². The molecular formula is C17H23Cl2N3O. The number of carbonyl (C=O) groups is 1. The molecule has 1 aromatic rings. The van der Waals surface area contributed by atoms with Crippen molar-refractivity contribution in [3.8, 4) is 0 Å². The van der Waals surface area contributed by atoms with Crippen LogP contribution in [0.1, 0.15) is 38.2 Å². The highest BCUT2D eigenvalue weighted by Crippen LogP contribution is 2.25. The van der Waals surface area contributed by atoms with Crippen LogP contribution in [-0.2, 0) is 0 Å². The van der Waals surface area contributed by atoms with E-state index in [1.807, 2.05) is 30.3 Å². The van der Waals surface area contributed by atoms with E-state index in [2.05, 4.69) is 17.2 Å². The topological polar surface area (TPSA) is 67.5 Å². The Morgan fingerprint density at radius 1 is 1.26 bits per heavy atom. The number of nitrogens with two attached hydrogens (primary N) is 1. The Labute approximate surface area is 148 Å². The molecule has 1 aliphatic rings. The minimum atomic E-state index is -0.594. The van der Waals surface area contributed by atoms with Crippen molar-refractivity contribution in [2.24, 2.45) is 16.6 Å². The monoisotopic (exact) mass is 355 g/mol. The van der Waals surface area contributed by atoms with Gasteiger partial charge < -0.3 is 5.73 Å². The van der Waals surface area contributed by atoms with E-state index in [1.165, 1.54) is 12.8 Å². The second-order valence-electron chi connectivity index (χ2n) is 5.80. The molecular weight excluding hydrogens is 333 g/mol. The highest BCUT2D eigenvalue weighted by Gasteiger charge is 2.17. The van der Waals surface area contributed by atoms with Crippen LogP contribution in [0.15, 0.2) is 35.3 Å². The number of halogens is 2. The van der Waals surface area contributed by atoms with Crippen LogP contribution in [0.25, 0.3) is 6.08 Å². The van der Waals surface area contributed by atoms with Gasteiger partial charge in [-0.15, -0.1) is 12.4 Å². The predicted octanol–water partition coefficient (Wildman–Crippen LogP) is 4.42. The number of amides is 2. The largest absolute Gasteiger partial charge is 0.351 e. The van der Waals surface area contributed by atoms with E-state index in [9.17, 15) is 4.79 Å². The third kappa shape index (κ3) is 7.06. The SMILES string of the molecule is CC1CCC(N=C(/C=C/c2ccc(Cl)cc2)NC(N)=O)CC1.Cl. The van der Waals surface area contributed by atoms with Gasteiger partial charge in [0.2, 0.25) is 0 Å². The standard InChI is InChI=1S/C17H22ClN3O.ClH/c1-12-2-9-15(10-3-12)20-16(21-17(19)22)11-6-13-4-7-14(18)8-5-13;/h4-8,11-12,15H,2-3,9-10H2,1H3,(H3,19,20,21,22);1H/b11-6+;. The average molecular weight is 356 g/mol. The van der Waals surface area contributed by atoms with E-state index in [0.717, 1.165) is 24.3 Å². The number of urea groups is 1. The number of rotatable bonds is 3. The zero-order chi connectivity index (χ0) is 15.9. The van der Waals surface area contributed by atoms with Gasteiger partial charge in [-0.05, 0) is 55.4 Å². The summed E-state index contributed by atoms with van der Waals surface area (Å²) in [4.78, 5) is 15.8. The van der Waals surface area contributed by atoms with Gasteiger partial charge in [0, 0.05) is 5.02 Å². The predicted molar refractivity (Wildman–Crippen MR) is 99.3 cm³/mol. The Balaban J connectivity index is 0.00000264. The molecule has 1 aromatic carbocycles. The van der Waals surface area contributed by atoms with Crippen molar-refractivity contribution in [2.45, 2.75) is 38.6 Å². The van der Waals surface area contributed by atoms with E-state index in [0.29, 0.717) is 10.9 Å². The number of amidine groups is 1. The average Bonchev–Trinajstić information content (AvgIpc) is 2.48. The minimum absolute atomic E-state index is 0. The lowest BCUT2D eigenvalue weighted by Crippen LogP contribution is -2.35. The normalized spacial score (nSPS) is 21.7. The first kappa shape index (κ1) is 19.5. The van der Waals surface area contributed by atoms with Crippen LogP contribution in [0.5, 0.6) is 0 Å². The van der Waals surface area contributed by atoms with Crippen LogP contribution in [0.2, 0.25) is 5.02 Å². The van der Waals surface area contributed by atoms with Crippen LogP contribution in [0.4, 0.5) is 4.79 Å². The molecule has 3 N–H and O–H groups in total. The first-order valence-corrected chi connectivity index (χ1v) is 7.98. The summed E-state index contributed by atoms with van der Waals surface area (Å²) in [6.07, 6.45) is 8.14. The highest BCUT2D eigenvalue weighted by atomic mass is 35.5. The molecule has 0 atom stereocenters. The fourth-order valence-electron chi connectivity index (χ4n) is 2.56. The van der Waals surface area contributed by atoms with Crippen LogP contribution in [0, 0.1) is 5.92 Å². The second-order valence-corrected chi connectivity index (χ2v) is 6.24. The third-order valence-corrected chi connectivity index (χ3v) is 4.11. The van der Waals surface area contributed by atoms with Crippen molar-refractivity contribution in [3.05, 3.63) is 40.9 Å². The summed E-state index contributed by atoms with van der Waals surface area (Å²) in [6.45, 7) is 2.27. The van der Waals surface area contributed by atoms with Crippen LogP contribution in [-0.4, -0.2) is 17.9 Å². The molecule has 1 aliphatic carbocycles. The molecule has 1 fully saturated rings. The fraction of sp³-hybridized carbons (Fsp3) is 0.412. The van der Waals surface area contributed by atoms with Crippen LogP contribution in [0.3, 0.4) is 0 Å². The van der Waals surface area contributed by atoms with Gasteiger partial charge >= 0.3 is 6.03 Å². The third-order valence-electron chi connectivity index (χ3n) is 3.86. The summed E-state index contributed by atoms with van der Waals surface area (Å²) < 4.78 is 0. The van der Waals surface area contributed by atoms with Crippen molar-refractivity contribution >= 4 is 42.0 Å². The van der Waals surface area contributed by atoms with Crippen molar-refractivity contribution in [1.29, 1.82) is 0 Å². The number of primary amides is 1. The molecule has 0 bridgehead atoms. The van der Waals surface area contributed by atoms with Crippen molar-refractivity contribution in [2.75, 3.05) is 0 Å². The molecule has 0 heterocycles. The molecule has 0 spiro atoms. The molecule has 6 heteroatoms. The fourth-order valence-corrected chi connectivity index (χ4v) is 2.69. The van der Waals surface area contributed by atoms with Gasteiger partial charge in [-0.25, -0.2) is 4.79 Å². The summed E-state index contributed by atoms with van der Waals surface area (Å²) in [6, 6.07) is 7.12. The maximum absolute atomic E-state index is 11.1. The molecule has 126 valence electrons. The summed E-state index contributed by atoms with van der Waals surface area (Å²) in [5.74, 6) is 1.28. The molecule has 0 aromatic heterocycles. The molecule has 0 radical (unpaired) electrons. The summed E-state index contributed by atoms with van der Waals surface area (Å²) in [5.41, 5.74) is 6.21. The molecule has 2 rings (SSSR count). The lowest BCUT2D eigenvalue weighted by Gasteiger charge is -2.23. The van der Waals surface area contributed by atoms with E-state index in [1.54, 1.807) is 6.08 Å². The molecule has 1 saturated carbocycles. The van der Waals surface area contributed by atoms with Crippen LogP contribution >= 0.6 is 24.0 Å². The van der Waals surface area contributed by atoms with Gasteiger partial charge in [0.15, 0.2) is 0 Å². The van der Waals surface area contributed by atoms with Gasteiger partial charge in [-0.2, -0.15) is 0 Å². The maximum Gasteiger partial charge on any atom is 0.317 e. The van der Waals surface area contributed by atoms with E-state index >= 15 is 0 Å². The second kappa shape index (κ2) is 9.58. The zero-order valence-corrected chi connectivity index (χ0v) is 14.7. The number of nitrogens with one attached hydrogen (secondary N) is 1. The van der Waals surface area contributed by atoms with Gasteiger partial charge in [-0.1, -0.05) is 36.7 Å². The first-order chi connectivity index (χ1) is 10.5. The minimum Gasteiger partial charge on any atom is -0.351 e. The number of aliphatic imine (C=N–C) groups is 1. The number of hydrogen-bond acceptors (Lipinski definition) is 2. The van der Waals surface area contributed by atoms with Gasteiger partial charge in [0.25, 0.3) is 0 Å². The van der Waals surface area contributed by atoms with Gasteiger partial charge in [0.05, 0.1) is 6.04 Å². The van der Waals surface area contributed by atoms with E-state index in [-0.39, 0.29) is 18.4 Å².